The molecule has 0 amide bonds. The van der Waals surface area contributed by atoms with E-state index in [1.165, 1.54) is 0 Å². The zero-order valence-corrected chi connectivity index (χ0v) is 7.91. The maximum atomic E-state index is 9.34. The van der Waals surface area contributed by atoms with Crippen LogP contribution in [-0.2, 0) is 9.31 Å². The van der Waals surface area contributed by atoms with Gasteiger partial charge in [0.15, 0.2) is 0 Å². The van der Waals surface area contributed by atoms with Gasteiger partial charge < -0.3 is 29.7 Å². The Hall–Kier alpha value is -0.175. The molecule has 1 aliphatic heterocycles. The summed E-state index contributed by atoms with van der Waals surface area (Å²) < 4.78 is 10.3. The summed E-state index contributed by atoms with van der Waals surface area (Å²) in [7, 11) is -0.563. The van der Waals surface area contributed by atoms with Crippen molar-refractivity contribution in [3.63, 3.8) is 0 Å². The van der Waals surface area contributed by atoms with E-state index in [1.807, 2.05) is 0 Å². The van der Waals surface area contributed by atoms with Crippen LogP contribution in [0.3, 0.4) is 0 Å². The fourth-order valence-corrected chi connectivity index (χ4v) is 1.46. The topological polar surface area (TPSA) is 99.4 Å². The molecule has 4 unspecified atom stereocenters. The van der Waals surface area contributed by atoms with Crippen molar-refractivity contribution in [3.05, 3.63) is 0 Å². The van der Waals surface area contributed by atoms with E-state index in [2.05, 4.69) is 0 Å². The lowest BCUT2D eigenvalue weighted by atomic mass is 9.97. The molecule has 0 bridgehead atoms. The molecular formula is C7H15BO6. The Morgan fingerprint density at radius 1 is 1.07 bits per heavy atom. The molecule has 1 heterocycles. The van der Waals surface area contributed by atoms with E-state index in [0.717, 1.165) is 0 Å². The lowest BCUT2D eigenvalue weighted by Gasteiger charge is -2.24. The summed E-state index contributed by atoms with van der Waals surface area (Å²) in [6.07, 6.45) is -3.86. The van der Waals surface area contributed by atoms with Gasteiger partial charge >= 0.3 is 7.12 Å². The smallest absolute Gasteiger partial charge is 0.403 e. The van der Waals surface area contributed by atoms with Crippen molar-refractivity contribution >= 4 is 7.12 Å². The van der Waals surface area contributed by atoms with Gasteiger partial charge in [-0.2, -0.15) is 0 Å². The fraction of sp³-hybridized carbons (Fsp3) is 1.00. The van der Waals surface area contributed by atoms with Gasteiger partial charge in [0.05, 0.1) is 25.4 Å². The third kappa shape index (κ3) is 2.44. The van der Waals surface area contributed by atoms with E-state index in [-0.39, 0.29) is 0 Å². The van der Waals surface area contributed by atoms with E-state index in [9.17, 15) is 10.2 Å². The molecule has 82 valence electrons. The lowest BCUT2D eigenvalue weighted by molar-refractivity contribution is -0.0640. The molecule has 0 aromatic carbocycles. The standard InChI is InChI=1S/C7H15BO6/c1-8-13-6(4(11)2-9)7(14-8)5(12)3-10/h4-7,9-12H,2-3H2,1H3. The Kier molecular flexibility index (Phi) is 4.30. The van der Waals surface area contributed by atoms with Gasteiger partial charge in [0.2, 0.25) is 0 Å². The summed E-state index contributed by atoms with van der Waals surface area (Å²) in [5, 5.41) is 36.1. The van der Waals surface area contributed by atoms with Crippen molar-refractivity contribution in [2.75, 3.05) is 13.2 Å². The molecule has 1 rings (SSSR count). The Balaban J connectivity index is 2.62. The molecule has 0 saturated carbocycles. The number of hydrogen-bond acceptors (Lipinski definition) is 6. The number of rotatable bonds is 4. The van der Waals surface area contributed by atoms with Crippen LogP contribution in [0.1, 0.15) is 0 Å². The van der Waals surface area contributed by atoms with E-state index < -0.39 is 44.7 Å². The number of hydrogen-bond donors (Lipinski definition) is 4. The first-order valence-electron chi connectivity index (χ1n) is 4.49. The van der Waals surface area contributed by atoms with Gasteiger partial charge in [0, 0.05) is 0 Å². The minimum atomic E-state index is -1.12. The average Bonchev–Trinajstić information content (AvgIpc) is 2.58. The first-order chi connectivity index (χ1) is 6.60. The normalized spacial score (nSPS) is 31.9. The van der Waals surface area contributed by atoms with Crippen molar-refractivity contribution in [1.29, 1.82) is 0 Å². The maximum Gasteiger partial charge on any atom is 0.454 e. The summed E-state index contributed by atoms with van der Waals surface area (Å²) in [6.45, 7) is 0.659. The van der Waals surface area contributed by atoms with E-state index in [1.54, 1.807) is 6.82 Å². The second-order valence-electron chi connectivity index (χ2n) is 3.27. The highest BCUT2D eigenvalue weighted by Crippen LogP contribution is 2.22. The van der Waals surface area contributed by atoms with E-state index >= 15 is 0 Å². The van der Waals surface area contributed by atoms with Crippen molar-refractivity contribution in [2.45, 2.75) is 31.2 Å². The summed E-state index contributed by atoms with van der Waals surface area (Å²) >= 11 is 0. The highest BCUT2D eigenvalue weighted by Gasteiger charge is 2.43. The molecule has 1 aliphatic rings. The van der Waals surface area contributed by atoms with Crippen LogP contribution in [-0.4, -0.2) is 65.2 Å². The first-order valence-corrected chi connectivity index (χ1v) is 4.49. The van der Waals surface area contributed by atoms with Crippen molar-refractivity contribution in [1.82, 2.24) is 0 Å². The Bertz CT molecular complexity index is 162. The van der Waals surface area contributed by atoms with Crippen LogP contribution in [0.25, 0.3) is 0 Å². The van der Waals surface area contributed by atoms with Gasteiger partial charge in [-0.25, -0.2) is 0 Å². The largest absolute Gasteiger partial charge is 0.454 e. The molecule has 7 heteroatoms. The zero-order chi connectivity index (χ0) is 10.7. The predicted octanol–water partition coefficient (Wildman–Crippen LogP) is -2.41. The predicted molar refractivity (Wildman–Crippen MR) is 47.5 cm³/mol. The van der Waals surface area contributed by atoms with Crippen LogP contribution in [0.4, 0.5) is 0 Å². The van der Waals surface area contributed by atoms with Gasteiger partial charge in [0.1, 0.15) is 12.2 Å². The second kappa shape index (κ2) is 5.06. The molecule has 0 aromatic rings. The summed E-state index contributed by atoms with van der Waals surface area (Å²) in [5.41, 5.74) is 0. The Morgan fingerprint density at radius 2 is 1.43 bits per heavy atom. The third-order valence-corrected chi connectivity index (χ3v) is 2.15. The molecule has 1 saturated heterocycles. The molecule has 14 heavy (non-hydrogen) atoms. The Labute approximate surface area is 82.2 Å². The lowest BCUT2D eigenvalue weighted by Crippen LogP contribution is -2.45. The van der Waals surface area contributed by atoms with Gasteiger partial charge in [-0.3, -0.25) is 0 Å². The summed E-state index contributed by atoms with van der Waals surface area (Å²) in [6, 6.07) is 0. The first kappa shape index (κ1) is 11.9. The van der Waals surface area contributed by atoms with Crippen LogP contribution < -0.4 is 0 Å². The molecule has 0 aromatic heterocycles. The summed E-state index contributed by atoms with van der Waals surface area (Å²) in [5.74, 6) is 0. The molecule has 0 spiro atoms. The van der Waals surface area contributed by atoms with E-state index in [4.69, 9.17) is 19.5 Å². The maximum absolute atomic E-state index is 9.34. The zero-order valence-electron chi connectivity index (χ0n) is 7.91. The molecule has 6 nitrogen and oxygen atoms in total. The fourth-order valence-electron chi connectivity index (χ4n) is 1.46. The van der Waals surface area contributed by atoms with Crippen LogP contribution >= 0.6 is 0 Å². The van der Waals surface area contributed by atoms with Crippen LogP contribution in [0.5, 0.6) is 0 Å². The minimum absolute atomic E-state index is 0.477. The number of aliphatic hydroxyl groups excluding tert-OH is 4. The van der Waals surface area contributed by atoms with Gasteiger partial charge in [-0.15, -0.1) is 0 Å². The number of aliphatic hydroxyl groups is 4. The molecule has 0 radical (unpaired) electrons. The molecule has 1 fully saturated rings. The quantitative estimate of drug-likeness (QED) is 0.382. The third-order valence-electron chi connectivity index (χ3n) is 2.15. The van der Waals surface area contributed by atoms with Gasteiger partial charge in [-0.05, 0) is 6.82 Å². The van der Waals surface area contributed by atoms with Crippen LogP contribution in [0.2, 0.25) is 6.82 Å². The van der Waals surface area contributed by atoms with Crippen molar-refractivity contribution in [3.8, 4) is 0 Å². The Morgan fingerprint density at radius 3 is 1.71 bits per heavy atom. The average molecular weight is 206 g/mol. The SMILES string of the molecule is CB1OC(C(O)CO)C(C(O)CO)O1. The van der Waals surface area contributed by atoms with Crippen molar-refractivity contribution in [2.24, 2.45) is 0 Å². The molecule has 4 atom stereocenters. The molecular weight excluding hydrogens is 191 g/mol. The monoisotopic (exact) mass is 206 g/mol. The second-order valence-corrected chi connectivity index (χ2v) is 3.27. The van der Waals surface area contributed by atoms with Crippen LogP contribution in [0, 0.1) is 0 Å². The van der Waals surface area contributed by atoms with Gasteiger partial charge in [0.25, 0.3) is 0 Å². The van der Waals surface area contributed by atoms with Crippen LogP contribution in [0.15, 0.2) is 0 Å². The minimum Gasteiger partial charge on any atom is -0.403 e. The highest BCUT2D eigenvalue weighted by molar-refractivity contribution is 6.43. The van der Waals surface area contributed by atoms with E-state index in [0.29, 0.717) is 0 Å². The summed E-state index contributed by atoms with van der Waals surface area (Å²) in [4.78, 5) is 0. The highest BCUT2D eigenvalue weighted by atomic mass is 16.7. The van der Waals surface area contributed by atoms with Gasteiger partial charge in [-0.1, -0.05) is 0 Å². The van der Waals surface area contributed by atoms with Crippen molar-refractivity contribution < 1.29 is 29.7 Å². The molecule has 0 aliphatic carbocycles. The molecule has 4 N–H and O–H groups in total.